The molecule has 6 rings (SSSR count). The average molecular weight is 669 g/mol. The number of carbonyl (C=O) groups excluding carboxylic acids is 1. The molecule has 0 amide bonds. The van der Waals surface area contributed by atoms with Crippen molar-refractivity contribution < 1.29 is 35.3 Å². The molecule has 0 bridgehead atoms. The van der Waals surface area contributed by atoms with Crippen LogP contribution in [0, 0.1) is 11.2 Å². The summed E-state index contributed by atoms with van der Waals surface area (Å²) in [5.74, 6) is 2.69. The van der Waals surface area contributed by atoms with Gasteiger partial charge in [0, 0.05) is 19.3 Å². The second-order valence-electron chi connectivity index (χ2n) is 11.1. The SMILES string of the molecule is C=S(=O)(c1cnn(C)c1)N(CC(F)F)[C@H]1CCC2=Cc3c(cnn3-c3ccc(F)cc3)C[C@]2(C(=O)c2ncc(C(F)(F)F)s2)C1. The minimum atomic E-state index is -4.71. The molecule has 4 aromatic rings. The number of hydrogen-bond acceptors (Lipinski definition) is 6. The number of rotatable bonds is 8. The molecule has 2 aliphatic carbocycles. The lowest BCUT2D eigenvalue weighted by molar-refractivity contribution is -0.134. The fourth-order valence-corrected chi connectivity index (χ4v) is 8.82. The number of nitrogens with zero attached hydrogens (tertiary/aromatic N) is 6. The Labute approximate surface area is 258 Å². The average Bonchev–Trinajstić information content (AvgIpc) is 3.74. The Balaban J connectivity index is 1.45. The van der Waals surface area contributed by atoms with E-state index in [9.17, 15) is 35.3 Å². The van der Waals surface area contributed by atoms with Crippen molar-refractivity contribution >= 4 is 38.8 Å². The highest BCUT2D eigenvalue weighted by Gasteiger charge is 2.52. The largest absolute Gasteiger partial charge is 0.427 e. The Morgan fingerprint density at radius 1 is 1.20 bits per heavy atom. The number of hydrogen-bond donors (Lipinski definition) is 0. The van der Waals surface area contributed by atoms with E-state index in [1.807, 2.05) is 0 Å². The molecular formula is C29H26F6N6O2S2. The van der Waals surface area contributed by atoms with Crippen LogP contribution in [0.3, 0.4) is 0 Å². The van der Waals surface area contributed by atoms with Gasteiger partial charge in [-0.15, -0.1) is 11.3 Å². The van der Waals surface area contributed by atoms with Crippen LogP contribution < -0.4 is 0 Å². The monoisotopic (exact) mass is 668 g/mol. The van der Waals surface area contributed by atoms with Gasteiger partial charge in [0.25, 0.3) is 6.43 Å². The van der Waals surface area contributed by atoms with Crippen molar-refractivity contribution in [3.63, 3.8) is 0 Å². The minimum absolute atomic E-state index is 0.0145. The van der Waals surface area contributed by atoms with Crippen molar-refractivity contribution in [2.24, 2.45) is 12.5 Å². The number of Topliss-reactive ketones (excluding diaryl/α,β-unsaturated/α-hetero) is 1. The van der Waals surface area contributed by atoms with Crippen LogP contribution in [0.2, 0.25) is 0 Å². The zero-order valence-electron chi connectivity index (χ0n) is 23.7. The Morgan fingerprint density at radius 2 is 1.93 bits per heavy atom. The second-order valence-corrected chi connectivity index (χ2v) is 14.4. The number of benzene rings is 1. The van der Waals surface area contributed by atoms with E-state index in [2.05, 4.69) is 21.1 Å². The Morgan fingerprint density at radius 3 is 2.56 bits per heavy atom. The fourth-order valence-electron chi connectivity index (χ4n) is 6.18. The van der Waals surface area contributed by atoms with E-state index in [4.69, 9.17) is 0 Å². The molecule has 3 atom stereocenters. The van der Waals surface area contributed by atoms with Crippen LogP contribution >= 0.6 is 11.3 Å². The number of thiazole rings is 1. The third-order valence-electron chi connectivity index (χ3n) is 8.27. The normalized spacial score (nSPS) is 21.4. The van der Waals surface area contributed by atoms with Gasteiger partial charge in [0.05, 0.1) is 56.5 Å². The van der Waals surface area contributed by atoms with Gasteiger partial charge in [-0.2, -0.15) is 23.4 Å². The Hall–Kier alpha value is -3.76. The van der Waals surface area contributed by atoms with E-state index in [1.54, 1.807) is 17.8 Å². The summed E-state index contributed by atoms with van der Waals surface area (Å²) in [6.45, 7) is -0.908. The lowest BCUT2D eigenvalue weighted by Gasteiger charge is -2.47. The van der Waals surface area contributed by atoms with E-state index in [1.165, 1.54) is 47.5 Å². The molecular weight excluding hydrogens is 642 g/mol. The number of allylic oxidation sites excluding steroid dienone is 1. The Kier molecular flexibility index (Phi) is 7.80. The highest BCUT2D eigenvalue weighted by Crippen LogP contribution is 2.52. The summed E-state index contributed by atoms with van der Waals surface area (Å²) < 4.78 is 100. The molecule has 16 heteroatoms. The smallest absolute Gasteiger partial charge is 0.290 e. The van der Waals surface area contributed by atoms with Crippen molar-refractivity contribution in [3.8, 4) is 5.69 Å². The van der Waals surface area contributed by atoms with Crippen LogP contribution in [0.1, 0.15) is 45.2 Å². The highest BCUT2D eigenvalue weighted by molar-refractivity contribution is 7.98. The first-order valence-electron chi connectivity index (χ1n) is 13.7. The quantitative estimate of drug-likeness (QED) is 0.134. The molecule has 0 N–H and O–H groups in total. The minimum Gasteiger partial charge on any atom is -0.290 e. The van der Waals surface area contributed by atoms with Crippen molar-refractivity contribution in [2.45, 2.75) is 49.2 Å². The molecule has 0 radical (unpaired) electrons. The number of ketones is 1. The lowest BCUT2D eigenvalue weighted by Crippen LogP contribution is -2.51. The number of aryl methyl sites for hydroxylation is 1. The van der Waals surface area contributed by atoms with Crippen LogP contribution in [0.4, 0.5) is 26.3 Å². The Bertz CT molecular complexity index is 1890. The molecule has 238 valence electrons. The summed E-state index contributed by atoms with van der Waals surface area (Å²) in [5.41, 5.74) is 0.811. The summed E-state index contributed by atoms with van der Waals surface area (Å²) >= 11 is 0.220. The van der Waals surface area contributed by atoms with Crippen molar-refractivity contribution in [1.82, 2.24) is 28.9 Å². The van der Waals surface area contributed by atoms with E-state index < -0.39 is 56.8 Å². The van der Waals surface area contributed by atoms with Gasteiger partial charge in [0.15, 0.2) is 5.01 Å². The number of halogens is 6. The molecule has 1 unspecified atom stereocenters. The molecule has 0 spiro atoms. The van der Waals surface area contributed by atoms with Crippen LogP contribution in [-0.4, -0.2) is 63.7 Å². The summed E-state index contributed by atoms with van der Waals surface area (Å²) in [7, 11) is -1.93. The van der Waals surface area contributed by atoms with Gasteiger partial charge in [-0.1, -0.05) is 5.57 Å². The summed E-state index contributed by atoms with van der Waals surface area (Å²) in [5, 5.41) is 8.07. The third kappa shape index (κ3) is 5.63. The van der Waals surface area contributed by atoms with Gasteiger partial charge >= 0.3 is 6.18 Å². The zero-order chi connectivity index (χ0) is 32.3. The van der Waals surface area contributed by atoms with Crippen molar-refractivity contribution in [3.05, 3.63) is 81.6 Å². The van der Waals surface area contributed by atoms with Gasteiger partial charge in [0.1, 0.15) is 10.7 Å². The maximum absolute atomic E-state index is 14.3. The maximum Gasteiger partial charge on any atom is 0.427 e. The molecule has 1 fully saturated rings. The number of alkyl halides is 5. The van der Waals surface area contributed by atoms with Gasteiger partial charge in [-0.05, 0) is 67.5 Å². The number of fused-ring (bicyclic) bond motifs is 2. The summed E-state index contributed by atoms with van der Waals surface area (Å²) in [6, 6.07) is 4.75. The highest BCUT2D eigenvalue weighted by atomic mass is 32.2. The van der Waals surface area contributed by atoms with Crippen LogP contribution in [0.15, 0.2) is 59.5 Å². The summed E-state index contributed by atoms with van der Waals surface area (Å²) in [4.78, 5) is 17.3. The number of carbonyl (C=O) groups is 1. The van der Waals surface area contributed by atoms with Gasteiger partial charge in [-0.25, -0.2) is 31.4 Å². The van der Waals surface area contributed by atoms with Crippen molar-refractivity contribution in [2.75, 3.05) is 6.54 Å². The predicted molar refractivity (Wildman–Crippen MR) is 156 cm³/mol. The first-order valence-corrected chi connectivity index (χ1v) is 16.2. The molecule has 2 aliphatic rings. The van der Waals surface area contributed by atoms with E-state index in [0.29, 0.717) is 28.7 Å². The molecule has 3 aromatic heterocycles. The van der Waals surface area contributed by atoms with Gasteiger partial charge in [-0.3, -0.25) is 9.48 Å². The topological polar surface area (TPSA) is 85.9 Å². The first kappa shape index (κ1) is 31.2. The van der Waals surface area contributed by atoms with Crippen LogP contribution in [0.5, 0.6) is 0 Å². The maximum atomic E-state index is 14.3. The molecule has 8 nitrogen and oxygen atoms in total. The van der Waals surface area contributed by atoms with Gasteiger partial charge < -0.3 is 0 Å². The third-order valence-corrected chi connectivity index (χ3v) is 11.5. The molecule has 3 heterocycles. The predicted octanol–water partition coefficient (Wildman–Crippen LogP) is 5.84. The molecule has 1 saturated carbocycles. The van der Waals surface area contributed by atoms with Crippen molar-refractivity contribution in [1.29, 1.82) is 0 Å². The molecule has 0 saturated heterocycles. The molecule has 1 aromatic carbocycles. The zero-order valence-corrected chi connectivity index (χ0v) is 25.3. The molecule has 45 heavy (non-hydrogen) atoms. The fraction of sp³-hybridized carbons (Fsp3) is 0.345. The van der Waals surface area contributed by atoms with E-state index >= 15 is 0 Å². The second kappa shape index (κ2) is 11.2. The number of aromatic nitrogens is 5. The van der Waals surface area contributed by atoms with E-state index in [0.717, 1.165) is 4.31 Å². The first-order chi connectivity index (χ1) is 21.2. The standard InChI is InChI=1S/C29H26F6N6O2S2/c1-39-15-22(13-37-39)45(2,43)40(16-25(31)32)21-6-3-18-9-23-17(12-38-41(23)20-7-4-19(30)5-8-20)10-28(18,11-21)26(42)27-36-14-24(44-27)29(33,34)35/h4-5,7-9,12-15,21,25H,2-3,6,10-11,16H2,1H3/t21-,28-,45?/m0/s1. The van der Waals surface area contributed by atoms with Crippen LogP contribution in [-0.2, 0) is 29.4 Å². The van der Waals surface area contributed by atoms with Gasteiger partial charge in [0.2, 0.25) is 5.78 Å². The summed E-state index contributed by atoms with van der Waals surface area (Å²) in [6.07, 6.45) is -0.779. The van der Waals surface area contributed by atoms with Crippen LogP contribution in [0.25, 0.3) is 11.8 Å². The molecule has 0 aliphatic heterocycles. The van der Waals surface area contributed by atoms with E-state index in [-0.39, 0.29) is 46.9 Å². The lowest BCUT2D eigenvalue weighted by atomic mass is 9.61.